The third-order valence-corrected chi connectivity index (χ3v) is 2.44. The molecule has 0 atom stereocenters. The van der Waals surface area contributed by atoms with E-state index in [1.807, 2.05) is 0 Å². The van der Waals surface area contributed by atoms with Gasteiger partial charge in [0.25, 0.3) is 5.91 Å². The lowest BCUT2D eigenvalue weighted by Gasteiger charge is -2.19. The van der Waals surface area contributed by atoms with Crippen molar-refractivity contribution in [2.75, 3.05) is 26.8 Å². The zero-order chi connectivity index (χ0) is 11.1. The second-order valence-corrected chi connectivity index (χ2v) is 3.63. The summed E-state index contributed by atoms with van der Waals surface area (Å²) in [5.74, 6) is -0.0757. The Morgan fingerprint density at radius 3 is 3.13 bits per heavy atom. The molecule has 1 rings (SSSR count). The number of carbonyl (C=O) groups excluding carboxylic acids is 1. The van der Waals surface area contributed by atoms with Crippen LogP contribution in [-0.2, 0) is 4.74 Å². The molecule has 0 bridgehead atoms. The van der Waals surface area contributed by atoms with Gasteiger partial charge in [0.05, 0.1) is 12.1 Å². The van der Waals surface area contributed by atoms with Crippen LogP contribution in [0.3, 0.4) is 0 Å². The van der Waals surface area contributed by atoms with E-state index in [-0.39, 0.29) is 5.91 Å². The molecule has 1 aromatic heterocycles. The molecule has 0 aliphatic rings. The molecule has 15 heavy (non-hydrogen) atoms. The van der Waals surface area contributed by atoms with Crippen LogP contribution in [0, 0.1) is 0 Å². The van der Waals surface area contributed by atoms with E-state index in [2.05, 4.69) is 11.6 Å². The van der Waals surface area contributed by atoms with Crippen LogP contribution in [0.2, 0.25) is 0 Å². The predicted molar refractivity (Wildman–Crippen MR) is 60.1 cm³/mol. The van der Waals surface area contributed by atoms with Crippen LogP contribution < -0.4 is 0 Å². The van der Waals surface area contributed by atoms with Gasteiger partial charge in [-0.15, -0.1) is 17.9 Å². The first-order valence-corrected chi connectivity index (χ1v) is 5.51. The van der Waals surface area contributed by atoms with Crippen LogP contribution >= 0.6 is 11.3 Å². The monoisotopic (exact) mass is 226 g/mol. The standard InChI is InChI=1S/C10H14N2O2S/c1-3-4-12(5-6-14-2)10(13)9-7-15-8-11-9/h3,7-8H,1,4-6H2,2H3. The first kappa shape index (κ1) is 11.9. The van der Waals surface area contributed by atoms with E-state index in [1.54, 1.807) is 29.0 Å². The molecule has 1 aromatic rings. The maximum atomic E-state index is 11.9. The van der Waals surface area contributed by atoms with Crippen molar-refractivity contribution in [3.05, 3.63) is 29.2 Å². The zero-order valence-corrected chi connectivity index (χ0v) is 9.50. The molecule has 0 saturated carbocycles. The van der Waals surface area contributed by atoms with E-state index in [9.17, 15) is 4.79 Å². The first-order valence-electron chi connectivity index (χ1n) is 4.57. The Hall–Kier alpha value is -1.20. The van der Waals surface area contributed by atoms with Crippen molar-refractivity contribution < 1.29 is 9.53 Å². The predicted octanol–water partition coefficient (Wildman–Crippen LogP) is 1.42. The van der Waals surface area contributed by atoms with Crippen LogP contribution in [0.4, 0.5) is 0 Å². The highest BCUT2D eigenvalue weighted by molar-refractivity contribution is 7.07. The molecular formula is C10H14N2O2S. The van der Waals surface area contributed by atoms with Crippen molar-refractivity contribution >= 4 is 17.2 Å². The highest BCUT2D eigenvalue weighted by Gasteiger charge is 2.15. The summed E-state index contributed by atoms with van der Waals surface area (Å²) in [6, 6.07) is 0. The van der Waals surface area contributed by atoms with Gasteiger partial charge in [-0.05, 0) is 0 Å². The van der Waals surface area contributed by atoms with Crippen molar-refractivity contribution in [2.24, 2.45) is 0 Å². The van der Waals surface area contributed by atoms with Gasteiger partial charge >= 0.3 is 0 Å². The van der Waals surface area contributed by atoms with Gasteiger partial charge in [0.15, 0.2) is 0 Å². The highest BCUT2D eigenvalue weighted by atomic mass is 32.1. The lowest BCUT2D eigenvalue weighted by molar-refractivity contribution is 0.0713. The summed E-state index contributed by atoms with van der Waals surface area (Å²) in [5.41, 5.74) is 2.13. The number of carbonyl (C=O) groups is 1. The molecule has 5 heteroatoms. The molecule has 0 aliphatic carbocycles. The Morgan fingerprint density at radius 2 is 2.60 bits per heavy atom. The number of aromatic nitrogens is 1. The minimum atomic E-state index is -0.0757. The Labute approximate surface area is 93.2 Å². The third-order valence-electron chi connectivity index (χ3n) is 1.85. The van der Waals surface area contributed by atoms with Gasteiger partial charge < -0.3 is 9.64 Å². The van der Waals surface area contributed by atoms with Crippen LogP contribution in [0.1, 0.15) is 10.5 Å². The van der Waals surface area contributed by atoms with Gasteiger partial charge in [0.1, 0.15) is 5.69 Å². The Bertz CT molecular complexity index is 311. The molecule has 0 unspecified atom stereocenters. The number of rotatable bonds is 6. The van der Waals surface area contributed by atoms with Crippen molar-refractivity contribution in [3.8, 4) is 0 Å². The summed E-state index contributed by atoms with van der Waals surface area (Å²) < 4.78 is 4.94. The summed E-state index contributed by atoms with van der Waals surface area (Å²) in [6.45, 7) is 5.21. The first-order chi connectivity index (χ1) is 7.29. The molecule has 82 valence electrons. The van der Waals surface area contributed by atoms with Crippen molar-refractivity contribution in [2.45, 2.75) is 0 Å². The van der Waals surface area contributed by atoms with E-state index in [0.717, 1.165) is 0 Å². The number of hydrogen-bond donors (Lipinski definition) is 0. The molecule has 0 radical (unpaired) electrons. The normalized spacial score (nSPS) is 9.93. The number of amides is 1. The second-order valence-electron chi connectivity index (χ2n) is 2.91. The molecule has 0 aliphatic heterocycles. The van der Waals surface area contributed by atoms with Crippen LogP contribution in [0.15, 0.2) is 23.5 Å². The summed E-state index contributed by atoms with van der Waals surface area (Å²) in [5, 5.41) is 1.74. The van der Waals surface area contributed by atoms with Gasteiger partial charge in [0.2, 0.25) is 0 Å². The zero-order valence-electron chi connectivity index (χ0n) is 8.68. The SMILES string of the molecule is C=CCN(CCOC)C(=O)c1cscn1. The molecular weight excluding hydrogens is 212 g/mol. The third kappa shape index (κ3) is 3.45. The largest absolute Gasteiger partial charge is 0.383 e. The maximum absolute atomic E-state index is 11.9. The lowest BCUT2D eigenvalue weighted by Crippen LogP contribution is -2.34. The van der Waals surface area contributed by atoms with Crippen molar-refractivity contribution in [3.63, 3.8) is 0 Å². The molecule has 1 heterocycles. The fourth-order valence-electron chi connectivity index (χ4n) is 1.11. The van der Waals surface area contributed by atoms with Crippen LogP contribution in [0.25, 0.3) is 0 Å². The highest BCUT2D eigenvalue weighted by Crippen LogP contribution is 2.05. The summed E-state index contributed by atoms with van der Waals surface area (Å²) >= 11 is 1.41. The van der Waals surface area contributed by atoms with Gasteiger partial charge in [-0.2, -0.15) is 0 Å². The molecule has 0 fully saturated rings. The van der Waals surface area contributed by atoms with Crippen LogP contribution in [-0.4, -0.2) is 42.6 Å². The molecule has 0 spiro atoms. The van der Waals surface area contributed by atoms with E-state index < -0.39 is 0 Å². The Balaban J connectivity index is 2.62. The number of thiazole rings is 1. The second kappa shape index (κ2) is 6.31. The van der Waals surface area contributed by atoms with Crippen molar-refractivity contribution in [1.29, 1.82) is 0 Å². The number of ether oxygens (including phenoxy) is 1. The fourth-order valence-corrected chi connectivity index (χ4v) is 1.64. The van der Waals surface area contributed by atoms with E-state index >= 15 is 0 Å². The Kier molecular flexibility index (Phi) is 5.00. The van der Waals surface area contributed by atoms with Crippen molar-refractivity contribution in [1.82, 2.24) is 9.88 Å². The molecule has 0 aromatic carbocycles. The molecule has 1 amide bonds. The smallest absolute Gasteiger partial charge is 0.273 e. The van der Waals surface area contributed by atoms with Crippen LogP contribution in [0.5, 0.6) is 0 Å². The average molecular weight is 226 g/mol. The summed E-state index contributed by atoms with van der Waals surface area (Å²) in [7, 11) is 1.61. The minimum Gasteiger partial charge on any atom is -0.383 e. The molecule has 0 saturated heterocycles. The van der Waals surface area contributed by atoms with Gasteiger partial charge in [0, 0.05) is 25.6 Å². The maximum Gasteiger partial charge on any atom is 0.273 e. The van der Waals surface area contributed by atoms with E-state index in [4.69, 9.17) is 4.74 Å². The number of nitrogens with zero attached hydrogens (tertiary/aromatic N) is 2. The fraction of sp³-hybridized carbons (Fsp3) is 0.400. The summed E-state index contributed by atoms with van der Waals surface area (Å²) in [6.07, 6.45) is 1.69. The average Bonchev–Trinajstić information content (AvgIpc) is 2.76. The van der Waals surface area contributed by atoms with Gasteiger partial charge in [-0.3, -0.25) is 4.79 Å². The summed E-state index contributed by atoms with van der Waals surface area (Å²) in [4.78, 5) is 17.5. The Morgan fingerprint density at radius 1 is 1.80 bits per heavy atom. The molecule has 0 N–H and O–H groups in total. The number of hydrogen-bond acceptors (Lipinski definition) is 4. The van der Waals surface area contributed by atoms with Gasteiger partial charge in [-0.25, -0.2) is 4.98 Å². The van der Waals surface area contributed by atoms with Gasteiger partial charge in [-0.1, -0.05) is 6.08 Å². The molecule has 4 nitrogen and oxygen atoms in total. The quantitative estimate of drug-likeness (QED) is 0.689. The lowest BCUT2D eigenvalue weighted by atomic mass is 10.3. The van der Waals surface area contributed by atoms with E-state index in [0.29, 0.717) is 25.4 Å². The number of methoxy groups -OCH3 is 1. The topological polar surface area (TPSA) is 42.4 Å². The minimum absolute atomic E-state index is 0.0757. The van der Waals surface area contributed by atoms with E-state index in [1.165, 1.54) is 11.3 Å².